The number of benzene rings is 1. The van der Waals surface area contributed by atoms with Gasteiger partial charge in [-0.3, -0.25) is 14.6 Å². The number of carbonyl (C=O) groups excluding carboxylic acids is 2. The second-order valence-electron chi connectivity index (χ2n) is 8.35. The number of amides is 1. The summed E-state index contributed by atoms with van der Waals surface area (Å²) in [5.74, 6) is 0.0155. The van der Waals surface area contributed by atoms with Crippen LogP contribution in [0.15, 0.2) is 48.8 Å². The lowest BCUT2D eigenvalue weighted by Crippen LogP contribution is -2.28. The second-order valence-corrected chi connectivity index (χ2v) is 8.35. The van der Waals surface area contributed by atoms with Gasteiger partial charge in [0, 0.05) is 30.9 Å². The maximum Gasteiger partial charge on any atom is 0.251 e. The molecule has 0 unspecified atom stereocenters. The van der Waals surface area contributed by atoms with Crippen molar-refractivity contribution in [1.82, 2.24) is 20.1 Å². The van der Waals surface area contributed by atoms with Crippen molar-refractivity contribution in [2.24, 2.45) is 5.41 Å². The largest absolute Gasteiger partial charge is 0.348 e. The number of aromatic nitrogens is 3. The van der Waals surface area contributed by atoms with Crippen molar-refractivity contribution in [2.75, 3.05) is 0 Å². The van der Waals surface area contributed by atoms with Gasteiger partial charge >= 0.3 is 0 Å². The highest BCUT2D eigenvalue weighted by Crippen LogP contribution is 2.36. The van der Waals surface area contributed by atoms with Crippen molar-refractivity contribution in [2.45, 2.75) is 40.2 Å². The van der Waals surface area contributed by atoms with Gasteiger partial charge in [-0.05, 0) is 54.7 Å². The molecule has 2 aromatic heterocycles. The molecule has 2 heterocycles. The van der Waals surface area contributed by atoms with E-state index in [0.29, 0.717) is 18.5 Å². The van der Waals surface area contributed by atoms with Crippen LogP contribution in [0.2, 0.25) is 0 Å². The monoisotopic (exact) mass is 388 g/mol. The first-order chi connectivity index (χ1) is 13.8. The number of carbonyl (C=O) groups is 2. The average molecular weight is 388 g/mol. The zero-order chi connectivity index (χ0) is 20.6. The fraction of sp³-hybridized carbons (Fsp3) is 0.304. The molecule has 1 aromatic carbocycles. The van der Waals surface area contributed by atoms with Gasteiger partial charge in [-0.15, -0.1) is 0 Å². The van der Waals surface area contributed by atoms with E-state index in [-0.39, 0.29) is 17.1 Å². The van der Waals surface area contributed by atoms with Crippen molar-refractivity contribution in [1.29, 1.82) is 0 Å². The Morgan fingerprint density at radius 3 is 2.62 bits per heavy atom. The van der Waals surface area contributed by atoms with Crippen LogP contribution < -0.4 is 5.32 Å². The van der Waals surface area contributed by atoms with Crippen LogP contribution in [0.1, 0.15) is 57.9 Å². The zero-order valence-corrected chi connectivity index (χ0v) is 16.9. The second kappa shape index (κ2) is 7.28. The standard InChI is InChI=1S/C23H24N4O2/c1-15-21-19(11-23(2,3)12-20(21)28)27(26-15)18-8-6-17(7-9-18)22(29)25-14-16-5-4-10-24-13-16/h4-10,13H,11-12,14H2,1-3H3,(H,25,29). The molecule has 0 aliphatic heterocycles. The highest BCUT2D eigenvalue weighted by atomic mass is 16.1. The molecular formula is C23H24N4O2. The Hall–Kier alpha value is -3.28. The Kier molecular flexibility index (Phi) is 4.78. The van der Waals surface area contributed by atoms with Gasteiger partial charge in [0.15, 0.2) is 5.78 Å². The van der Waals surface area contributed by atoms with E-state index < -0.39 is 0 Å². The van der Waals surface area contributed by atoms with Gasteiger partial charge in [-0.1, -0.05) is 19.9 Å². The quantitative estimate of drug-likeness (QED) is 0.740. The summed E-state index contributed by atoms with van der Waals surface area (Å²) in [6.45, 7) is 6.52. The summed E-state index contributed by atoms with van der Waals surface area (Å²) in [7, 11) is 0. The zero-order valence-electron chi connectivity index (χ0n) is 16.9. The van der Waals surface area contributed by atoms with Crippen LogP contribution >= 0.6 is 0 Å². The Morgan fingerprint density at radius 1 is 1.17 bits per heavy atom. The molecule has 1 N–H and O–H groups in total. The van der Waals surface area contributed by atoms with Gasteiger partial charge in [0.1, 0.15) is 0 Å². The lowest BCUT2D eigenvalue weighted by atomic mass is 9.75. The highest BCUT2D eigenvalue weighted by molar-refractivity contribution is 6.00. The van der Waals surface area contributed by atoms with Crippen LogP contribution in [-0.4, -0.2) is 26.5 Å². The van der Waals surface area contributed by atoms with E-state index in [0.717, 1.165) is 34.6 Å². The van der Waals surface area contributed by atoms with Gasteiger partial charge < -0.3 is 5.32 Å². The molecule has 6 heteroatoms. The number of rotatable bonds is 4. The molecule has 0 atom stereocenters. The van der Waals surface area contributed by atoms with Crippen LogP contribution in [0.3, 0.4) is 0 Å². The molecule has 1 aliphatic carbocycles. The predicted molar refractivity (Wildman–Crippen MR) is 110 cm³/mol. The Labute approximate surface area is 170 Å². The van der Waals surface area contributed by atoms with E-state index >= 15 is 0 Å². The van der Waals surface area contributed by atoms with E-state index in [9.17, 15) is 9.59 Å². The topological polar surface area (TPSA) is 76.9 Å². The first kappa shape index (κ1) is 19.1. The molecule has 0 radical (unpaired) electrons. The summed E-state index contributed by atoms with van der Waals surface area (Å²) >= 11 is 0. The third-order valence-electron chi connectivity index (χ3n) is 5.27. The number of fused-ring (bicyclic) bond motifs is 1. The molecule has 0 saturated carbocycles. The van der Waals surface area contributed by atoms with Crippen LogP contribution in [-0.2, 0) is 13.0 Å². The fourth-order valence-corrected chi connectivity index (χ4v) is 3.89. The first-order valence-electron chi connectivity index (χ1n) is 9.73. The maximum absolute atomic E-state index is 12.6. The number of nitrogens with one attached hydrogen (secondary N) is 1. The van der Waals surface area contributed by atoms with E-state index in [1.54, 1.807) is 24.5 Å². The molecule has 0 saturated heterocycles. The number of pyridine rings is 1. The molecule has 0 bridgehead atoms. The summed E-state index contributed by atoms with van der Waals surface area (Å²) in [5.41, 5.74) is 4.76. The number of aryl methyl sites for hydroxylation is 1. The van der Waals surface area contributed by atoms with Crippen LogP contribution in [0.5, 0.6) is 0 Å². The normalized spacial score (nSPS) is 15.1. The molecule has 0 fully saturated rings. The molecule has 148 valence electrons. The van der Waals surface area contributed by atoms with E-state index in [4.69, 9.17) is 0 Å². The van der Waals surface area contributed by atoms with Gasteiger partial charge in [0.25, 0.3) is 5.91 Å². The molecule has 3 aromatic rings. The number of ketones is 1. The number of Topliss-reactive ketones (excluding diaryl/α,β-unsaturated/α-hetero) is 1. The minimum atomic E-state index is -0.143. The summed E-state index contributed by atoms with van der Waals surface area (Å²) < 4.78 is 1.85. The van der Waals surface area contributed by atoms with Crippen molar-refractivity contribution in [3.05, 3.63) is 76.9 Å². The summed E-state index contributed by atoms with van der Waals surface area (Å²) in [4.78, 5) is 29.1. The van der Waals surface area contributed by atoms with Gasteiger partial charge in [-0.25, -0.2) is 4.68 Å². The van der Waals surface area contributed by atoms with Crippen LogP contribution in [0.25, 0.3) is 5.69 Å². The Balaban J connectivity index is 1.55. The molecule has 6 nitrogen and oxygen atoms in total. The molecule has 1 aliphatic rings. The van der Waals surface area contributed by atoms with Crippen molar-refractivity contribution in [3.63, 3.8) is 0 Å². The number of hydrogen-bond donors (Lipinski definition) is 1. The van der Waals surface area contributed by atoms with Crippen molar-refractivity contribution < 1.29 is 9.59 Å². The minimum Gasteiger partial charge on any atom is -0.348 e. The molecule has 1 amide bonds. The van der Waals surface area contributed by atoms with E-state index in [1.807, 2.05) is 35.9 Å². The SMILES string of the molecule is Cc1nn(-c2ccc(C(=O)NCc3cccnc3)cc2)c2c1C(=O)CC(C)(C)C2. The predicted octanol–water partition coefficient (Wildman–Crippen LogP) is 3.66. The molecular weight excluding hydrogens is 364 g/mol. The number of hydrogen-bond acceptors (Lipinski definition) is 4. The summed E-state index contributed by atoms with van der Waals surface area (Å²) in [6.07, 6.45) is 4.77. The van der Waals surface area contributed by atoms with Gasteiger partial charge in [-0.2, -0.15) is 5.10 Å². The maximum atomic E-state index is 12.6. The van der Waals surface area contributed by atoms with Crippen molar-refractivity contribution >= 4 is 11.7 Å². The van der Waals surface area contributed by atoms with Gasteiger partial charge in [0.2, 0.25) is 0 Å². The fourth-order valence-electron chi connectivity index (χ4n) is 3.89. The van der Waals surface area contributed by atoms with E-state index in [2.05, 4.69) is 29.2 Å². The lowest BCUT2D eigenvalue weighted by Gasteiger charge is -2.29. The lowest BCUT2D eigenvalue weighted by molar-refractivity contribution is 0.0908. The third-order valence-corrected chi connectivity index (χ3v) is 5.27. The first-order valence-corrected chi connectivity index (χ1v) is 9.73. The minimum absolute atomic E-state index is 0.0829. The highest BCUT2D eigenvalue weighted by Gasteiger charge is 2.35. The summed E-state index contributed by atoms with van der Waals surface area (Å²) in [5, 5.41) is 7.52. The van der Waals surface area contributed by atoms with Crippen molar-refractivity contribution in [3.8, 4) is 5.69 Å². The third kappa shape index (κ3) is 3.83. The molecule has 29 heavy (non-hydrogen) atoms. The van der Waals surface area contributed by atoms with Gasteiger partial charge in [0.05, 0.1) is 22.6 Å². The van der Waals surface area contributed by atoms with Crippen LogP contribution in [0.4, 0.5) is 0 Å². The summed E-state index contributed by atoms with van der Waals surface area (Å²) in [6, 6.07) is 11.1. The Morgan fingerprint density at radius 2 is 1.93 bits per heavy atom. The van der Waals surface area contributed by atoms with Crippen LogP contribution in [0, 0.1) is 12.3 Å². The smallest absolute Gasteiger partial charge is 0.251 e. The molecule has 0 spiro atoms. The number of nitrogens with zero attached hydrogens (tertiary/aromatic N) is 3. The molecule has 4 rings (SSSR count). The Bertz CT molecular complexity index is 1070. The van der Waals surface area contributed by atoms with E-state index in [1.165, 1.54) is 0 Å². The average Bonchev–Trinajstić information content (AvgIpc) is 3.02.